The fourth-order valence-corrected chi connectivity index (χ4v) is 5.14. The number of nitrogens with two attached hydrogens (primary N) is 2. The second-order valence-electron chi connectivity index (χ2n) is 12.9. The summed E-state index contributed by atoms with van der Waals surface area (Å²) in [5.74, 6) is -7.08. The lowest BCUT2D eigenvalue weighted by molar-refractivity contribution is -0.154. The number of phenols is 1. The molecule has 2 rings (SSSR count). The minimum absolute atomic E-state index is 0.00738. The third-order valence-electron chi connectivity index (χ3n) is 7.94. The van der Waals surface area contributed by atoms with Gasteiger partial charge in [0.05, 0.1) is 30.8 Å². The lowest BCUT2D eigenvalue weighted by atomic mass is 9.98. The van der Waals surface area contributed by atoms with Gasteiger partial charge in [-0.2, -0.15) is 0 Å². The Hall–Kier alpha value is -5.59. The van der Waals surface area contributed by atoms with E-state index in [-0.39, 0.29) is 36.6 Å². The van der Waals surface area contributed by atoms with Crippen LogP contribution >= 0.6 is 0 Å². The second-order valence-corrected chi connectivity index (χ2v) is 12.9. The summed E-state index contributed by atoms with van der Waals surface area (Å²) in [7, 11) is 0. The zero-order chi connectivity index (χ0) is 40.0. The van der Waals surface area contributed by atoms with Crippen molar-refractivity contribution in [3.8, 4) is 5.75 Å². The molecule has 0 fully saturated rings. The monoisotopic (exact) mass is 741 g/mol. The van der Waals surface area contributed by atoms with Crippen LogP contribution in [0.1, 0.15) is 45.2 Å². The van der Waals surface area contributed by atoms with E-state index in [1.54, 1.807) is 26.0 Å². The molecule has 0 aliphatic rings. The number of benzene rings is 2. The zero-order valence-corrected chi connectivity index (χ0v) is 29.7. The molecule has 7 unspecified atom stereocenters. The van der Waals surface area contributed by atoms with Crippen molar-refractivity contribution < 1.29 is 49.2 Å². The SMILES string of the molecule is CC(C)CC(C(=O)NC(C(=O)O)C(C)O)N(C(=O)CNC(=O)C(NC(=O)C(N)Cc1ccc(O)cc1)C(C)O)C(=O)C(N)Cc1ccc(N=[N+]=[N-])cc1. The van der Waals surface area contributed by atoms with E-state index in [1.165, 1.54) is 43.3 Å². The molecule has 0 bridgehead atoms. The number of rotatable bonds is 19. The summed E-state index contributed by atoms with van der Waals surface area (Å²) in [4.78, 5) is 82.5. The lowest BCUT2D eigenvalue weighted by Crippen LogP contribution is -2.62. The minimum atomic E-state index is -1.80. The molecular formula is C34H47N9O10. The van der Waals surface area contributed by atoms with Gasteiger partial charge in [0.1, 0.15) is 17.8 Å². The van der Waals surface area contributed by atoms with Gasteiger partial charge in [0, 0.05) is 10.6 Å². The maximum atomic E-state index is 13.9. The van der Waals surface area contributed by atoms with Crippen LogP contribution in [0.5, 0.6) is 5.75 Å². The number of imide groups is 1. The van der Waals surface area contributed by atoms with Gasteiger partial charge in [0.2, 0.25) is 29.5 Å². The number of carbonyl (C=O) groups is 6. The summed E-state index contributed by atoms with van der Waals surface area (Å²) in [5.41, 5.74) is 22.3. The van der Waals surface area contributed by atoms with Crippen molar-refractivity contribution in [2.75, 3.05) is 6.54 Å². The Bertz CT molecular complexity index is 1640. The number of aliphatic hydroxyl groups excluding tert-OH is 2. The number of hydrogen-bond donors (Lipinski definition) is 9. The van der Waals surface area contributed by atoms with Gasteiger partial charge < -0.3 is 47.8 Å². The number of carboxylic acids is 1. The molecule has 7 atom stereocenters. The highest BCUT2D eigenvalue weighted by atomic mass is 16.4. The molecule has 19 heteroatoms. The third-order valence-corrected chi connectivity index (χ3v) is 7.94. The molecule has 0 saturated carbocycles. The lowest BCUT2D eigenvalue weighted by Gasteiger charge is -2.33. The van der Waals surface area contributed by atoms with E-state index in [0.717, 1.165) is 6.92 Å². The van der Waals surface area contributed by atoms with Gasteiger partial charge in [-0.3, -0.25) is 28.9 Å². The number of amides is 5. The largest absolute Gasteiger partial charge is 0.508 e. The molecule has 0 saturated heterocycles. The molecule has 53 heavy (non-hydrogen) atoms. The van der Waals surface area contributed by atoms with Gasteiger partial charge >= 0.3 is 5.97 Å². The Labute approximate surface area is 305 Å². The first-order valence-corrected chi connectivity index (χ1v) is 16.6. The van der Waals surface area contributed by atoms with E-state index in [4.69, 9.17) is 17.0 Å². The number of aliphatic hydroxyl groups is 2. The summed E-state index contributed by atoms with van der Waals surface area (Å²) < 4.78 is 0. The van der Waals surface area contributed by atoms with Gasteiger partial charge in [-0.25, -0.2) is 4.79 Å². The number of hydrogen-bond acceptors (Lipinski definition) is 12. The Morgan fingerprint density at radius 3 is 1.79 bits per heavy atom. The number of azide groups is 1. The van der Waals surface area contributed by atoms with E-state index >= 15 is 0 Å². The Kier molecular flexibility index (Phi) is 16.8. The predicted molar refractivity (Wildman–Crippen MR) is 190 cm³/mol. The first-order valence-electron chi connectivity index (χ1n) is 16.6. The van der Waals surface area contributed by atoms with E-state index in [9.17, 15) is 49.2 Å². The number of aromatic hydroxyl groups is 1. The normalized spacial score (nSPS) is 15.0. The van der Waals surface area contributed by atoms with Crippen LogP contribution in [0.25, 0.3) is 10.4 Å². The molecule has 2 aromatic rings. The van der Waals surface area contributed by atoms with Gasteiger partial charge in [-0.15, -0.1) is 0 Å². The Balaban J connectivity index is 2.37. The first-order chi connectivity index (χ1) is 24.9. The average Bonchev–Trinajstić information content (AvgIpc) is 3.09. The van der Waals surface area contributed by atoms with Crippen molar-refractivity contribution in [2.45, 2.75) is 89.4 Å². The van der Waals surface area contributed by atoms with Crippen LogP contribution in [0.15, 0.2) is 53.6 Å². The van der Waals surface area contributed by atoms with E-state index in [1.807, 2.05) is 0 Å². The van der Waals surface area contributed by atoms with Crippen LogP contribution in [-0.4, -0.2) is 110 Å². The number of nitrogens with one attached hydrogen (secondary N) is 3. The van der Waals surface area contributed by atoms with Gasteiger partial charge in [-0.05, 0) is 67.8 Å². The molecule has 2 aromatic carbocycles. The van der Waals surface area contributed by atoms with Crippen molar-refractivity contribution in [3.63, 3.8) is 0 Å². The molecule has 0 spiro atoms. The van der Waals surface area contributed by atoms with E-state index in [2.05, 4.69) is 26.0 Å². The van der Waals surface area contributed by atoms with Crippen LogP contribution in [0, 0.1) is 5.92 Å². The summed E-state index contributed by atoms with van der Waals surface area (Å²) in [6.07, 6.45) is -3.37. The molecule has 0 aliphatic carbocycles. The Morgan fingerprint density at radius 1 is 0.792 bits per heavy atom. The van der Waals surface area contributed by atoms with Crippen molar-refractivity contribution in [1.29, 1.82) is 0 Å². The molecule has 288 valence electrons. The highest BCUT2D eigenvalue weighted by Gasteiger charge is 2.40. The molecule has 0 aliphatic heterocycles. The number of carboxylic acid groups (broad SMARTS) is 1. The summed E-state index contributed by atoms with van der Waals surface area (Å²) in [5, 5.41) is 49.6. The smallest absolute Gasteiger partial charge is 0.328 e. The highest BCUT2D eigenvalue weighted by molar-refractivity contribution is 6.04. The van der Waals surface area contributed by atoms with Crippen LogP contribution in [0.2, 0.25) is 0 Å². The molecule has 11 N–H and O–H groups in total. The minimum Gasteiger partial charge on any atom is -0.508 e. The molecular weight excluding hydrogens is 694 g/mol. The molecule has 0 aromatic heterocycles. The summed E-state index contributed by atoms with van der Waals surface area (Å²) in [6, 6.07) is 4.21. The molecule has 0 radical (unpaired) electrons. The Morgan fingerprint density at radius 2 is 1.30 bits per heavy atom. The van der Waals surface area contributed by atoms with Crippen LogP contribution in [0.4, 0.5) is 5.69 Å². The van der Waals surface area contributed by atoms with Gasteiger partial charge in [-0.1, -0.05) is 55.4 Å². The van der Waals surface area contributed by atoms with Crippen LogP contribution in [0.3, 0.4) is 0 Å². The van der Waals surface area contributed by atoms with Crippen molar-refractivity contribution in [3.05, 3.63) is 70.1 Å². The van der Waals surface area contributed by atoms with Gasteiger partial charge in [0.25, 0.3) is 0 Å². The number of phenolic OH excluding ortho intramolecular Hbond substituents is 1. The maximum absolute atomic E-state index is 13.9. The summed E-state index contributed by atoms with van der Waals surface area (Å²) >= 11 is 0. The first kappa shape index (κ1) is 43.6. The number of aliphatic carboxylic acids is 1. The zero-order valence-electron chi connectivity index (χ0n) is 29.7. The fourth-order valence-electron chi connectivity index (χ4n) is 5.14. The number of carbonyl (C=O) groups excluding carboxylic acids is 5. The molecule has 19 nitrogen and oxygen atoms in total. The van der Waals surface area contributed by atoms with E-state index < -0.39 is 84.5 Å². The van der Waals surface area contributed by atoms with Crippen molar-refractivity contribution in [2.24, 2.45) is 22.5 Å². The maximum Gasteiger partial charge on any atom is 0.328 e. The standard InChI is InChI=1S/C34H47N9O10/c1-17(2)13-26(31(49)40-29(19(4)45)34(52)53)43(33(51)25(36)15-20-5-9-22(10-6-20)41-42-37)27(47)16-38-32(50)28(18(3)44)39-30(48)24(35)14-21-7-11-23(46)12-8-21/h5-12,17-19,24-26,28-29,44-46H,13-16,35-36H2,1-4H3,(H,38,50)(H,39,48)(H,40,49)(H,52,53). The van der Waals surface area contributed by atoms with E-state index in [0.29, 0.717) is 16.0 Å². The number of nitrogens with zero attached hydrogens (tertiary/aromatic N) is 4. The fraction of sp³-hybridized carbons (Fsp3) is 0.471. The summed E-state index contributed by atoms with van der Waals surface area (Å²) in [6.45, 7) is 4.74. The predicted octanol–water partition coefficient (Wildman–Crippen LogP) is -0.524. The van der Waals surface area contributed by atoms with Crippen LogP contribution in [-0.2, 0) is 41.6 Å². The van der Waals surface area contributed by atoms with Crippen molar-refractivity contribution in [1.82, 2.24) is 20.9 Å². The topological polar surface area (TPSA) is 323 Å². The molecule has 5 amide bonds. The molecule has 0 heterocycles. The van der Waals surface area contributed by atoms with Gasteiger partial charge in [0.15, 0.2) is 6.04 Å². The van der Waals surface area contributed by atoms with Crippen LogP contribution < -0.4 is 27.4 Å². The van der Waals surface area contributed by atoms with Crippen molar-refractivity contribution >= 4 is 41.2 Å². The highest BCUT2D eigenvalue weighted by Crippen LogP contribution is 2.18. The average molecular weight is 742 g/mol. The second kappa shape index (κ2) is 20.4. The quantitative estimate of drug-likeness (QED) is 0.0499. The third kappa shape index (κ3) is 13.5.